The highest BCUT2D eigenvalue weighted by Gasteiger charge is 2.27. The second-order valence-corrected chi connectivity index (χ2v) is 10.1. The van der Waals surface area contributed by atoms with Crippen LogP contribution in [0.2, 0.25) is 0 Å². The van der Waals surface area contributed by atoms with Gasteiger partial charge in [-0.15, -0.1) is 0 Å². The summed E-state index contributed by atoms with van der Waals surface area (Å²) >= 11 is 0. The van der Waals surface area contributed by atoms with Crippen LogP contribution in [0.5, 0.6) is 0 Å². The molecule has 6 heteroatoms. The van der Waals surface area contributed by atoms with Crippen molar-refractivity contribution in [3.05, 3.63) is 95.4 Å². The molecule has 200 valence electrons. The van der Waals surface area contributed by atoms with Gasteiger partial charge in [-0.3, -0.25) is 4.79 Å². The Labute approximate surface area is 231 Å². The van der Waals surface area contributed by atoms with Crippen LogP contribution in [0, 0.1) is 12.5 Å². The van der Waals surface area contributed by atoms with Crippen LogP contribution >= 0.6 is 0 Å². The molecule has 0 aliphatic heterocycles. The Balaban J connectivity index is 1.66. The highest BCUT2D eigenvalue weighted by Crippen LogP contribution is 2.34. The van der Waals surface area contributed by atoms with Crippen LogP contribution in [-0.4, -0.2) is 33.1 Å². The van der Waals surface area contributed by atoms with Crippen molar-refractivity contribution in [3.63, 3.8) is 0 Å². The summed E-state index contributed by atoms with van der Waals surface area (Å²) < 4.78 is 4.71. The second kappa shape index (κ2) is 12.9. The molecule has 3 aromatic carbocycles. The predicted molar refractivity (Wildman–Crippen MR) is 158 cm³/mol. The normalized spacial score (nSPS) is 13.6. The van der Waals surface area contributed by atoms with Gasteiger partial charge in [0.1, 0.15) is 0 Å². The summed E-state index contributed by atoms with van der Waals surface area (Å²) in [6, 6.07) is 21.6. The Bertz CT molecular complexity index is 1380. The van der Waals surface area contributed by atoms with Gasteiger partial charge in [-0.05, 0) is 65.4 Å². The smallest absolute Gasteiger partial charge is 0.330 e. The zero-order chi connectivity index (χ0) is 27.8. The largest absolute Gasteiger partial charge is 0.466 e. The lowest BCUT2D eigenvalue weighted by Gasteiger charge is -2.30. The predicted octanol–water partition coefficient (Wildman–Crippen LogP) is 7.27. The summed E-state index contributed by atoms with van der Waals surface area (Å²) in [5.74, 6) is -0.335. The standard InChI is InChI=1S/C33H35N3O3/c1-34-31-22-25(13-19-30(31)26-15-17-28(18-16-26)35(2)3)23-36(33(38)27-10-6-5-7-11-27)29-12-8-9-24(21-29)14-20-32(37)39-4/h8-9,12-22,27H,5-7,10-11,23H2,2-4H3/b20-14+. The number of anilines is 2. The van der Waals surface area contributed by atoms with Crippen molar-refractivity contribution in [2.24, 2.45) is 5.92 Å². The van der Waals surface area contributed by atoms with Gasteiger partial charge in [0.2, 0.25) is 5.91 Å². The van der Waals surface area contributed by atoms with Crippen molar-refractivity contribution in [1.29, 1.82) is 0 Å². The molecule has 0 heterocycles. The minimum atomic E-state index is -0.432. The minimum Gasteiger partial charge on any atom is -0.466 e. The molecule has 1 aliphatic rings. The number of nitrogens with zero attached hydrogens (tertiary/aromatic N) is 3. The summed E-state index contributed by atoms with van der Waals surface area (Å²) in [5, 5.41) is 0. The molecule has 39 heavy (non-hydrogen) atoms. The molecule has 1 aliphatic carbocycles. The van der Waals surface area contributed by atoms with E-state index in [9.17, 15) is 9.59 Å². The first-order chi connectivity index (χ1) is 18.9. The third kappa shape index (κ3) is 6.94. The lowest BCUT2D eigenvalue weighted by molar-refractivity contribution is -0.134. The summed E-state index contributed by atoms with van der Waals surface area (Å²) in [6.45, 7) is 8.21. The van der Waals surface area contributed by atoms with Gasteiger partial charge in [0, 0.05) is 44.0 Å². The Hall–Kier alpha value is -4.37. The van der Waals surface area contributed by atoms with E-state index in [0.717, 1.165) is 59.3 Å². The van der Waals surface area contributed by atoms with Gasteiger partial charge in [0.05, 0.1) is 13.7 Å². The molecule has 0 spiro atoms. The van der Waals surface area contributed by atoms with Gasteiger partial charge in [-0.2, -0.15) is 0 Å². The number of amides is 1. The number of ether oxygens (including phenoxy) is 1. The molecule has 0 bridgehead atoms. The highest BCUT2D eigenvalue weighted by atomic mass is 16.5. The maximum absolute atomic E-state index is 13.8. The number of benzene rings is 3. The maximum atomic E-state index is 13.8. The van der Waals surface area contributed by atoms with Crippen LogP contribution in [-0.2, 0) is 20.9 Å². The number of rotatable bonds is 8. The number of hydrogen-bond donors (Lipinski definition) is 0. The number of carbonyl (C=O) groups is 2. The number of carbonyl (C=O) groups excluding carboxylic acids is 2. The van der Waals surface area contributed by atoms with E-state index in [1.807, 2.05) is 90.6 Å². The third-order valence-corrected chi connectivity index (χ3v) is 7.23. The van der Waals surface area contributed by atoms with Crippen molar-refractivity contribution < 1.29 is 14.3 Å². The fourth-order valence-corrected chi connectivity index (χ4v) is 5.03. The van der Waals surface area contributed by atoms with Crippen LogP contribution in [0.25, 0.3) is 22.0 Å². The van der Waals surface area contributed by atoms with E-state index in [2.05, 4.69) is 4.85 Å². The summed E-state index contributed by atoms with van der Waals surface area (Å²) in [4.78, 5) is 33.1. The van der Waals surface area contributed by atoms with Gasteiger partial charge in [-0.25, -0.2) is 9.64 Å². The summed E-state index contributed by atoms with van der Waals surface area (Å²) in [7, 11) is 5.34. The molecule has 0 aromatic heterocycles. The van der Waals surface area contributed by atoms with E-state index in [1.165, 1.54) is 19.6 Å². The average Bonchev–Trinajstić information content (AvgIpc) is 2.98. The van der Waals surface area contributed by atoms with E-state index in [0.29, 0.717) is 12.2 Å². The van der Waals surface area contributed by atoms with Crippen LogP contribution in [0.15, 0.2) is 72.8 Å². The fourth-order valence-electron chi connectivity index (χ4n) is 5.03. The van der Waals surface area contributed by atoms with Crippen LogP contribution in [0.3, 0.4) is 0 Å². The Kier molecular flexibility index (Phi) is 9.17. The SMILES string of the molecule is [C-]#[N+]c1cc(CN(C(=O)C2CCCCC2)c2cccc(/C=C/C(=O)OC)c2)ccc1-c1ccc(N(C)C)cc1. The Morgan fingerprint density at radius 2 is 1.72 bits per heavy atom. The molecular formula is C33H35N3O3. The quantitative estimate of drug-likeness (QED) is 0.178. The van der Waals surface area contributed by atoms with Crippen molar-refractivity contribution in [2.75, 3.05) is 31.0 Å². The van der Waals surface area contributed by atoms with Crippen LogP contribution < -0.4 is 9.80 Å². The molecule has 6 nitrogen and oxygen atoms in total. The molecule has 0 unspecified atom stereocenters. The monoisotopic (exact) mass is 521 g/mol. The molecular weight excluding hydrogens is 486 g/mol. The van der Waals surface area contributed by atoms with E-state index in [-0.39, 0.29) is 11.8 Å². The van der Waals surface area contributed by atoms with Gasteiger partial charge in [0.15, 0.2) is 5.69 Å². The zero-order valence-corrected chi connectivity index (χ0v) is 22.9. The van der Waals surface area contributed by atoms with E-state index >= 15 is 0 Å². The van der Waals surface area contributed by atoms with Gasteiger partial charge >= 0.3 is 5.97 Å². The van der Waals surface area contributed by atoms with E-state index < -0.39 is 5.97 Å². The van der Waals surface area contributed by atoms with Gasteiger partial charge in [0.25, 0.3) is 0 Å². The average molecular weight is 522 g/mol. The molecule has 1 saturated carbocycles. The van der Waals surface area contributed by atoms with E-state index in [4.69, 9.17) is 11.3 Å². The Morgan fingerprint density at radius 3 is 2.38 bits per heavy atom. The number of esters is 1. The lowest BCUT2D eigenvalue weighted by atomic mass is 9.88. The van der Waals surface area contributed by atoms with Crippen molar-refractivity contribution in [2.45, 2.75) is 38.6 Å². The topological polar surface area (TPSA) is 54.2 Å². The lowest BCUT2D eigenvalue weighted by Crippen LogP contribution is -2.36. The Morgan fingerprint density at radius 1 is 0.974 bits per heavy atom. The first kappa shape index (κ1) is 27.7. The third-order valence-electron chi connectivity index (χ3n) is 7.23. The number of methoxy groups -OCH3 is 1. The molecule has 1 amide bonds. The van der Waals surface area contributed by atoms with Crippen molar-refractivity contribution >= 4 is 35.0 Å². The van der Waals surface area contributed by atoms with E-state index in [1.54, 1.807) is 6.08 Å². The van der Waals surface area contributed by atoms with Gasteiger partial charge in [-0.1, -0.05) is 61.7 Å². The van der Waals surface area contributed by atoms with Gasteiger partial charge < -0.3 is 14.5 Å². The highest BCUT2D eigenvalue weighted by molar-refractivity contribution is 5.95. The molecule has 3 aromatic rings. The molecule has 1 fully saturated rings. The molecule has 0 atom stereocenters. The first-order valence-electron chi connectivity index (χ1n) is 13.3. The zero-order valence-electron chi connectivity index (χ0n) is 22.9. The molecule has 4 rings (SSSR count). The maximum Gasteiger partial charge on any atom is 0.330 e. The molecule has 0 saturated heterocycles. The van der Waals surface area contributed by atoms with Crippen molar-refractivity contribution in [3.8, 4) is 11.1 Å². The summed E-state index contributed by atoms with van der Waals surface area (Å²) in [6.07, 6.45) is 8.15. The first-order valence-corrected chi connectivity index (χ1v) is 13.3. The number of hydrogen-bond acceptors (Lipinski definition) is 4. The second-order valence-electron chi connectivity index (χ2n) is 10.1. The van der Waals surface area contributed by atoms with Crippen molar-refractivity contribution in [1.82, 2.24) is 0 Å². The van der Waals surface area contributed by atoms with Crippen LogP contribution in [0.4, 0.5) is 17.1 Å². The molecule has 0 radical (unpaired) electrons. The fraction of sp³-hybridized carbons (Fsp3) is 0.303. The van der Waals surface area contributed by atoms with Crippen LogP contribution in [0.1, 0.15) is 43.2 Å². The minimum absolute atomic E-state index is 0.0113. The molecule has 0 N–H and O–H groups in total. The summed E-state index contributed by atoms with van der Waals surface area (Å²) in [5.41, 5.74) is 5.99.